The predicted octanol–water partition coefficient (Wildman–Crippen LogP) is -0.767. The summed E-state index contributed by atoms with van der Waals surface area (Å²) in [5.74, 6) is 0. The second kappa shape index (κ2) is 16.8. The number of rotatable bonds is 0. The Morgan fingerprint density at radius 3 is 1.25 bits per heavy atom. The molecular formula is HAlCeLaO. The first kappa shape index (κ1) is 15.8. The minimum absolute atomic E-state index is 0. The van der Waals surface area contributed by atoms with Gasteiger partial charge in [-0.25, -0.2) is 0 Å². The van der Waals surface area contributed by atoms with Gasteiger partial charge in [0.25, 0.3) is 0 Å². The van der Waals surface area contributed by atoms with Gasteiger partial charge in [-0.1, -0.05) is 0 Å². The van der Waals surface area contributed by atoms with Gasteiger partial charge in [0.05, 0.1) is 0 Å². The van der Waals surface area contributed by atoms with Gasteiger partial charge in [0.15, 0.2) is 0 Å². The molecule has 0 saturated carbocycles. The fraction of sp³-hybridized carbons (Fsp3) is 0. The molecule has 0 heterocycles. The van der Waals surface area contributed by atoms with Gasteiger partial charge in [0.1, 0.15) is 0 Å². The Balaban J connectivity index is -0.00000000500. The van der Waals surface area contributed by atoms with Crippen molar-refractivity contribution >= 4 is 16.2 Å². The van der Waals surface area contributed by atoms with Crippen molar-refractivity contribution in [2.45, 2.75) is 0 Å². The fourth-order valence-electron chi connectivity index (χ4n) is 0. The molecule has 0 amide bonds. The van der Waals surface area contributed by atoms with E-state index in [2.05, 4.69) is 0 Å². The van der Waals surface area contributed by atoms with Crippen LogP contribution in [0, 0.1) is 77.3 Å². The summed E-state index contributed by atoms with van der Waals surface area (Å²) in [7, 11) is 0. The van der Waals surface area contributed by atoms with Gasteiger partial charge in [-0.3, -0.25) is 0 Å². The summed E-state index contributed by atoms with van der Waals surface area (Å²) in [6.45, 7) is 0. The fourth-order valence-corrected chi connectivity index (χ4v) is 0. The van der Waals surface area contributed by atoms with Crippen LogP contribution in [-0.4, -0.2) is 16.2 Å². The van der Waals surface area contributed by atoms with Crippen LogP contribution in [0.5, 0.6) is 0 Å². The molecular weight excluding hydrogens is 322 g/mol. The Morgan fingerprint density at radius 2 is 1.25 bits per heavy atom. The van der Waals surface area contributed by atoms with Crippen molar-refractivity contribution in [3.8, 4) is 0 Å². The molecule has 0 aliphatic heterocycles. The zero-order valence-corrected chi connectivity index (χ0v) is 10.4. The van der Waals surface area contributed by atoms with E-state index in [1.54, 1.807) is 0 Å². The van der Waals surface area contributed by atoms with E-state index in [0.717, 1.165) is 0 Å². The van der Waals surface area contributed by atoms with Gasteiger partial charge in [-0.15, -0.1) is 0 Å². The molecule has 4 heteroatoms. The molecule has 1 nitrogen and oxygen atoms in total. The Kier molecular flexibility index (Phi) is 66.5. The van der Waals surface area contributed by atoms with Crippen molar-refractivity contribution in [2.24, 2.45) is 0 Å². The summed E-state index contributed by atoms with van der Waals surface area (Å²) >= 11 is 0.611. The van der Waals surface area contributed by atoms with Crippen molar-refractivity contribution in [3.63, 3.8) is 0 Å². The third-order valence-corrected chi connectivity index (χ3v) is 0. The Morgan fingerprint density at radius 1 is 1.25 bits per heavy atom. The maximum atomic E-state index is 8.28. The van der Waals surface area contributed by atoms with E-state index in [1.165, 1.54) is 0 Å². The summed E-state index contributed by atoms with van der Waals surface area (Å²) in [6, 6.07) is 0. The van der Waals surface area contributed by atoms with Crippen molar-refractivity contribution in [2.75, 3.05) is 0 Å². The first-order valence-corrected chi connectivity index (χ1v) is 0.866. The van der Waals surface area contributed by atoms with Gasteiger partial charge in [-0.05, 0) is 0 Å². The van der Waals surface area contributed by atoms with Crippen LogP contribution in [0.4, 0.5) is 0 Å². The standard InChI is InChI=1S/Al.Ce.La.O.H. The van der Waals surface area contributed by atoms with E-state index in [1.807, 2.05) is 0 Å². The van der Waals surface area contributed by atoms with Crippen LogP contribution in [0.3, 0.4) is 0 Å². The topological polar surface area (TPSA) is 17.1 Å². The third kappa shape index (κ3) is 8.86. The molecule has 17 valence electrons. The van der Waals surface area contributed by atoms with Crippen LogP contribution < -0.4 is 0 Å². The molecule has 0 unspecified atom stereocenters. The van der Waals surface area contributed by atoms with Gasteiger partial charge in [0, 0.05) is 77.3 Å². The molecule has 0 atom stereocenters. The molecule has 0 aliphatic rings. The zero-order chi connectivity index (χ0) is 2.00. The zero-order valence-electron chi connectivity index (χ0n) is 2.19. The van der Waals surface area contributed by atoms with Gasteiger partial charge in [0.2, 0.25) is 0 Å². The van der Waals surface area contributed by atoms with Crippen molar-refractivity contribution in [3.05, 3.63) is 0 Å². The first-order chi connectivity index (χ1) is 1.00. The van der Waals surface area contributed by atoms with E-state index in [4.69, 9.17) is 3.80 Å². The molecule has 0 rings (SSSR count). The Labute approximate surface area is 94.9 Å². The van der Waals surface area contributed by atoms with Crippen molar-refractivity contribution in [1.82, 2.24) is 0 Å². The van der Waals surface area contributed by atoms with Gasteiger partial charge < -0.3 is 0 Å². The second-order valence-electron chi connectivity index (χ2n) is 0. The van der Waals surface area contributed by atoms with Crippen LogP contribution >= 0.6 is 0 Å². The molecule has 1 radical (unpaired) electrons. The van der Waals surface area contributed by atoms with E-state index in [0.29, 0.717) is 16.2 Å². The van der Waals surface area contributed by atoms with E-state index >= 15 is 0 Å². The molecule has 0 bridgehead atoms. The first-order valence-electron chi connectivity index (χ1n) is 0.289. The molecule has 0 aromatic rings. The summed E-state index contributed by atoms with van der Waals surface area (Å²) in [4.78, 5) is 0. The summed E-state index contributed by atoms with van der Waals surface area (Å²) in [6.07, 6.45) is 0. The van der Waals surface area contributed by atoms with E-state index in [9.17, 15) is 0 Å². The average molecular weight is 323 g/mol. The summed E-state index contributed by atoms with van der Waals surface area (Å²) in [5, 5.41) is 0. The molecule has 0 N–H and O–H groups in total. The van der Waals surface area contributed by atoms with Crippen molar-refractivity contribution in [1.29, 1.82) is 0 Å². The monoisotopic (exact) mass is 323 g/mol. The van der Waals surface area contributed by atoms with Crippen LogP contribution in [0.2, 0.25) is 0 Å². The van der Waals surface area contributed by atoms with Crippen LogP contribution in [0.25, 0.3) is 0 Å². The van der Waals surface area contributed by atoms with Crippen LogP contribution in [0.15, 0.2) is 0 Å². The molecule has 0 spiro atoms. The molecule has 0 fully saturated rings. The average Bonchev–Trinajstić information content (AvgIpc) is 1.00. The quantitative estimate of drug-likeness (QED) is 0.536. The Hall–Kier alpha value is 2.90. The SMILES string of the molecule is [Ce].[La].[O]=[AlH]. The van der Waals surface area contributed by atoms with Crippen molar-refractivity contribution < 1.29 is 81.1 Å². The molecule has 0 aromatic carbocycles. The minimum atomic E-state index is 0. The summed E-state index contributed by atoms with van der Waals surface area (Å²) < 4.78 is 8.28. The molecule has 0 aliphatic carbocycles. The molecule has 4 heavy (non-hydrogen) atoms. The number of hydrogen-bond donors (Lipinski definition) is 0. The molecule has 0 saturated heterocycles. The van der Waals surface area contributed by atoms with Gasteiger partial charge in [-0.2, -0.15) is 0 Å². The summed E-state index contributed by atoms with van der Waals surface area (Å²) in [5.41, 5.74) is 0. The normalized spacial score (nSPS) is 0.750. The van der Waals surface area contributed by atoms with Gasteiger partial charge >= 0.3 is 20.0 Å². The predicted molar refractivity (Wildman–Crippen MR) is 7.84 cm³/mol. The molecule has 0 aromatic heterocycles. The number of hydrogen-bond acceptors (Lipinski definition) is 1. The maximum absolute atomic E-state index is 8.28. The Bertz CT molecular complexity index is 8.00. The second-order valence-corrected chi connectivity index (χ2v) is 0. The van der Waals surface area contributed by atoms with E-state index in [-0.39, 0.29) is 77.3 Å². The van der Waals surface area contributed by atoms with E-state index < -0.39 is 0 Å². The van der Waals surface area contributed by atoms with Crippen LogP contribution in [-0.2, 0) is 3.80 Å². The third-order valence-electron chi connectivity index (χ3n) is 0. The van der Waals surface area contributed by atoms with Crippen LogP contribution in [0.1, 0.15) is 0 Å².